The molecular weight excluding hydrogens is 504 g/mol. The number of benzene rings is 2. The number of para-hydroxylation sites is 1. The summed E-state index contributed by atoms with van der Waals surface area (Å²) in [6.07, 6.45) is 3.44. The number of ether oxygens (including phenoxy) is 2. The van der Waals surface area contributed by atoms with Gasteiger partial charge < -0.3 is 13.9 Å². The Kier molecular flexibility index (Phi) is 7.11. The van der Waals surface area contributed by atoms with Gasteiger partial charge in [-0.25, -0.2) is 9.78 Å². The van der Waals surface area contributed by atoms with Crippen molar-refractivity contribution in [3.05, 3.63) is 98.9 Å². The van der Waals surface area contributed by atoms with E-state index in [-0.39, 0.29) is 33.4 Å². The molecule has 5 rings (SSSR count). The molecule has 194 valence electrons. The number of aryl methyl sites for hydroxylation is 1. The van der Waals surface area contributed by atoms with Gasteiger partial charge in [-0.3, -0.25) is 14.5 Å². The molecule has 0 bridgehead atoms. The fourth-order valence-corrected chi connectivity index (χ4v) is 5.38. The van der Waals surface area contributed by atoms with Crippen molar-refractivity contribution >= 4 is 39.3 Å². The molecule has 1 aliphatic heterocycles. The first kappa shape index (κ1) is 25.4. The number of fused-ring (bicyclic) bond motifs is 2. The number of amides is 1. The number of esters is 1. The number of nitrogens with zero attached hydrogens (tertiary/aromatic N) is 2. The van der Waals surface area contributed by atoms with Crippen molar-refractivity contribution in [3.8, 4) is 5.75 Å². The molecule has 2 aromatic heterocycles. The molecule has 0 spiro atoms. The largest absolute Gasteiger partial charge is 0.494 e. The maximum atomic E-state index is 13.8. The normalized spacial score (nSPS) is 14.5. The van der Waals surface area contributed by atoms with Gasteiger partial charge in [-0.05, 0) is 43.2 Å². The molecule has 9 heteroatoms. The molecule has 2 aromatic carbocycles. The lowest BCUT2D eigenvalue weighted by Crippen LogP contribution is -2.29. The van der Waals surface area contributed by atoms with Crippen LogP contribution >= 0.6 is 11.3 Å². The molecule has 0 unspecified atom stereocenters. The van der Waals surface area contributed by atoms with Crippen LogP contribution in [0.3, 0.4) is 0 Å². The summed E-state index contributed by atoms with van der Waals surface area (Å²) in [4.78, 5) is 46.3. The van der Waals surface area contributed by atoms with Gasteiger partial charge in [-0.1, -0.05) is 61.6 Å². The highest BCUT2D eigenvalue weighted by atomic mass is 32.1. The smallest absolute Gasteiger partial charge is 0.350 e. The lowest BCUT2D eigenvalue weighted by Gasteiger charge is -2.22. The molecule has 0 fully saturated rings. The van der Waals surface area contributed by atoms with Gasteiger partial charge in [-0.2, -0.15) is 0 Å². The molecule has 38 heavy (non-hydrogen) atoms. The Morgan fingerprint density at radius 1 is 1.18 bits per heavy atom. The number of hydrogen-bond acceptors (Lipinski definition) is 8. The van der Waals surface area contributed by atoms with Crippen molar-refractivity contribution in [1.29, 1.82) is 0 Å². The van der Waals surface area contributed by atoms with Crippen LogP contribution in [-0.4, -0.2) is 30.1 Å². The number of aromatic nitrogens is 1. The van der Waals surface area contributed by atoms with Gasteiger partial charge in [0.15, 0.2) is 10.6 Å². The Morgan fingerprint density at radius 2 is 1.95 bits per heavy atom. The Balaban J connectivity index is 1.63. The molecule has 0 radical (unpaired) electrons. The predicted octanol–water partition coefficient (Wildman–Crippen LogP) is 5.83. The van der Waals surface area contributed by atoms with Crippen molar-refractivity contribution in [3.63, 3.8) is 0 Å². The molecule has 1 aliphatic rings. The van der Waals surface area contributed by atoms with Crippen molar-refractivity contribution in [2.45, 2.75) is 32.7 Å². The minimum Gasteiger partial charge on any atom is -0.494 e. The molecule has 3 heterocycles. The molecule has 0 saturated heterocycles. The van der Waals surface area contributed by atoms with Crippen LogP contribution in [0.1, 0.15) is 62.9 Å². The number of carbonyl (C=O) groups is 2. The third kappa shape index (κ3) is 4.50. The summed E-state index contributed by atoms with van der Waals surface area (Å²) in [5.74, 6) is -0.400. The standard InChI is InChI=1S/C29H26N2O6S/c1-4-6-16-35-19-13-11-18(12-14-19)23-22-24(32)20-9-7-8-10-21(20)37-25(22)27(33)31(23)29-30-17(3)26(38-29)28(34)36-15-5-2/h5,7-14,23H,2,4,6,15-16H2,1,3H3/t23-/m0/s1. The summed E-state index contributed by atoms with van der Waals surface area (Å²) < 4.78 is 17.0. The first-order valence-electron chi connectivity index (χ1n) is 12.3. The van der Waals surface area contributed by atoms with Gasteiger partial charge in [0.1, 0.15) is 22.8 Å². The van der Waals surface area contributed by atoms with Crippen molar-refractivity contribution in [2.24, 2.45) is 0 Å². The second kappa shape index (κ2) is 10.6. The minimum absolute atomic E-state index is 0.0365. The van der Waals surface area contributed by atoms with Crippen LogP contribution in [0.4, 0.5) is 5.13 Å². The maximum absolute atomic E-state index is 13.8. The topological polar surface area (TPSA) is 98.9 Å². The van der Waals surface area contributed by atoms with E-state index in [0.717, 1.165) is 24.2 Å². The quantitative estimate of drug-likeness (QED) is 0.153. The molecule has 8 nitrogen and oxygen atoms in total. The Bertz CT molecular complexity index is 1590. The van der Waals surface area contributed by atoms with Crippen LogP contribution in [-0.2, 0) is 4.74 Å². The number of rotatable bonds is 9. The van der Waals surface area contributed by atoms with E-state index in [2.05, 4.69) is 18.5 Å². The Hall–Kier alpha value is -4.24. The SMILES string of the molecule is C=CCOC(=O)c1sc(N2C(=O)c3oc4ccccc4c(=O)c3[C@@H]2c2ccc(OCCCC)cc2)nc1C. The van der Waals surface area contributed by atoms with E-state index in [1.54, 1.807) is 31.2 Å². The monoisotopic (exact) mass is 530 g/mol. The molecule has 1 amide bonds. The number of carbonyl (C=O) groups excluding carboxylic acids is 2. The Morgan fingerprint density at radius 3 is 2.68 bits per heavy atom. The highest BCUT2D eigenvalue weighted by Gasteiger charge is 2.45. The zero-order chi connectivity index (χ0) is 26.8. The number of anilines is 1. The van der Waals surface area contributed by atoms with Crippen LogP contribution in [0.5, 0.6) is 5.75 Å². The molecule has 0 N–H and O–H groups in total. The maximum Gasteiger partial charge on any atom is 0.350 e. The summed E-state index contributed by atoms with van der Waals surface area (Å²) in [5, 5.41) is 0.649. The third-order valence-electron chi connectivity index (χ3n) is 6.25. The Labute approximate surface area is 223 Å². The van der Waals surface area contributed by atoms with E-state index < -0.39 is 17.9 Å². The lowest BCUT2D eigenvalue weighted by atomic mass is 9.98. The first-order valence-corrected chi connectivity index (χ1v) is 13.1. The van der Waals surface area contributed by atoms with E-state index in [1.165, 1.54) is 11.0 Å². The van der Waals surface area contributed by atoms with Crippen molar-refractivity contribution in [1.82, 2.24) is 4.98 Å². The van der Waals surface area contributed by atoms with E-state index in [9.17, 15) is 14.4 Å². The summed E-state index contributed by atoms with van der Waals surface area (Å²) in [6, 6.07) is 13.3. The van der Waals surface area contributed by atoms with Crippen LogP contribution < -0.4 is 15.1 Å². The number of unbranched alkanes of at least 4 members (excludes halogenated alkanes) is 1. The number of thiazole rings is 1. The number of hydrogen-bond donors (Lipinski definition) is 0. The fourth-order valence-electron chi connectivity index (χ4n) is 4.39. The second-order valence-electron chi connectivity index (χ2n) is 8.82. The lowest BCUT2D eigenvalue weighted by molar-refractivity contribution is 0.0554. The van der Waals surface area contributed by atoms with E-state index >= 15 is 0 Å². The molecule has 0 saturated carbocycles. The highest BCUT2D eigenvalue weighted by Crippen LogP contribution is 2.43. The van der Waals surface area contributed by atoms with Gasteiger partial charge in [0.2, 0.25) is 5.76 Å². The molecule has 0 aliphatic carbocycles. The summed E-state index contributed by atoms with van der Waals surface area (Å²) in [7, 11) is 0. The van der Waals surface area contributed by atoms with E-state index in [4.69, 9.17) is 13.9 Å². The summed E-state index contributed by atoms with van der Waals surface area (Å²) in [6.45, 7) is 7.99. The van der Waals surface area contributed by atoms with Gasteiger partial charge >= 0.3 is 5.97 Å². The van der Waals surface area contributed by atoms with Crippen LogP contribution in [0, 0.1) is 6.92 Å². The summed E-state index contributed by atoms with van der Waals surface area (Å²) in [5.41, 5.74) is 1.38. The molecule has 4 aromatic rings. The second-order valence-corrected chi connectivity index (χ2v) is 9.79. The van der Waals surface area contributed by atoms with E-state index in [1.807, 2.05) is 24.3 Å². The summed E-state index contributed by atoms with van der Waals surface area (Å²) >= 11 is 1.03. The van der Waals surface area contributed by atoms with E-state index in [0.29, 0.717) is 34.6 Å². The van der Waals surface area contributed by atoms with Crippen LogP contribution in [0.15, 0.2) is 70.4 Å². The minimum atomic E-state index is -0.800. The van der Waals surface area contributed by atoms with Crippen molar-refractivity contribution in [2.75, 3.05) is 18.1 Å². The van der Waals surface area contributed by atoms with Crippen LogP contribution in [0.25, 0.3) is 11.0 Å². The zero-order valence-corrected chi connectivity index (χ0v) is 21.9. The zero-order valence-electron chi connectivity index (χ0n) is 21.1. The molecule has 1 atom stereocenters. The van der Waals surface area contributed by atoms with Gasteiger partial charge in [0, 0.05) is 0 Å². The van der Waals surface area contributed by atoms with Gasteiger partial charge in [-0.15, -0.1) is 0 Å². The van der Waals surface area contributed by atoms with Crippen molar-refractivity contribution < 1.29 is 23.5 Å². The predicted molar refractivity (Wildman–Crippen MR) is 145 cm³/mol. The third-order valence-corrected chi connectivity index (χ3v) is 7.39. The first-order chi connectivity index (χ1) is 18.4. The van der Waals surface area contributed by atoms with Crippen LogP contribution in [0.2, 0.25) is 0 Å². The average molecular weight is 531 g/mol. The fraction of sp³-hybridized carbons (Fsp3) is 0.241. The van der Waals surface area contributed by atoms with Gasteiger partial charge in [0.05, 0.1) is 29.3 Å². The molecular formula is C29H26N2O6S. The average Bonchev–Trinajstić information content (AvgIpc) is 3.45. The van der Waals surface area contributed by atoms with Gasteiger partial charge in [0.25, 0.3) is 5.91 Å². The highest BCUT2D eigenvalue weighted by molar-refractivity contribution is 7.17.